The van der Waals surface area contributed by atoms with Gasteiger partial charge in [-0.3, -0.25) is 4.90 Å². The average molecular weight is 321 g/mol. The van der Waals surface area contributed by atoms with Crippen molar-refractivity contribution in [2.24, 2.45) is 5.92 Å². The maximum atomic E-state index is 12.5. The number of carbonyl (C=O) groups is 1. The third-order valence-electron chi connectivity index (χ3n) is 3.93. The molecule has 1 aromatic rings. The van der Waals surface area contributed by atoms with Gasteiger partial charge in [0.15, 0.2) is 0 Å². The fourth-order valence-electron chi connectivity index (χ4n) is 2.76. The molecule has 128 valence electrons. The summed E-state index contributed by atoms with van der Waals surface area (Å²) < 4.78 is 10.5. The highest BCUT2D eigenvalue weighted by atomic mass is 16.5. The number of urea groups is 1. The van der Waals surface area contributed by atoms with Crippen LogP contribution in [0.4, 0.5) is 10.5 Å². The average Bonchev–Trinajstić information content (AvgIpc) is 2.54. The first-order valence-electron chi connectivity index (χ1n) is 8.03. The molecule has 0 bridgehead atoms. The van der Waals surface area contributed by atoms with Gasteiger partial charge in [-0.25, -0.2) is 4.79 Å². The number of hydrogen-bond acceptors (Lipinski definition) is 4. The minimum atomic E-state index is -0.0965. The van der Waals surface area contributed by atoms with Crippen molar-refractivity contribution in [3.05, 3.63) is 18.2 Å². The summed E-state index contributed by atoms with van der Waals surface area (Å²) >= 11 is 0. The van der Waals surface area contributed by atoms with Gasteiger partial charge in [-0.2, -0.15) is 0 Å². The number of amides is 2. The van der Waals surface area contributed by atoms with E-state index in [0.29, 0.717) is 23.1 Å². The molecule has 0 saturated carbocycles. The Hall–Kier alpha value is -1.95. The zero-order valence-electron chi connectivity index (χ0n) is 14.5. The number of methoxy groups -OCH3 is 2. The summed E-state index contributed by atoms with van der Waals surface area (Å²) in [7, 11) is 3.18. The second-order valence-corrected chi connectivity index (χ2v) is 6.18. The lowest BCUT2D eigenvalue weighted by Crippen LogP contribution is -2.50. The molecule has 0 aliphatic carbocycles. The third-order valence-corrected chi connectivity index (χ3v) is 3.93. The Balaban J connectivity index is 1.95. The summed E-state index contributed by atoms with van der Waals surface area (Å²) in [6.07, 6.45) is 0. The number of nitrogens with zero attached hydrogens (tertiary/aromatic N) is 2. The fourth-order valence-corrected chi connectivity index (χ4v) is 2.76. The van der Waals surface area contributed by atoms with Crippen molar-refractivity contribution in [2.45, 2.75) is 13.8 Å². The smallest absolute Gasteiger partial charge is 0.322 e. The molecule has 1 N–H and O–H groups in total. The van der Waals surface area contributed by atoms with E-state index in [4.69, 9.17) is 9.47 Å². The Kier molecular flexibility index (Phi) is 6.10. The van der Waals surface area contributed by atoms with Crippen LogP contribution in [0, 0.1) is 5.92 Å². The SMILES string of the molecule is COc1ccc(OC)c(NC(=O)N2CCN(CC(C)C)CC2)c1. The first kappa shape index (κ1) is 17.4. The number of carbonyl (C=O) groups excluding carboxylic acids is 1. The lowest BCUT2D eigenvalue weighted by atomic mass is 10.2. The quantitative estimate of drug-likeness (QED) is 0.905. The lowest BCUT2D eigenvalue weighted by molar-refractivity contribution is 0.138. The topological polar surface area (TPSA) is 54.0 Å². The van der Waals surface area contributed by atoms with E-state index in [0.717, 1.165) is 32.7 Å². The maximum Gasteiger partial charge on any atom is 0.322 e. The van der Waals surface area contributed by atoms with Crippen LogP contribution >= 0.6 is 0 Å². The van der Waals surface area contributed by atoms with Crippen molar-refractivity contribution in [1.82, 2.24) is 9.80 Å². The van der Waals surface area contributed by atoms with E-state index < -0.39 is 0 Å². The van der Waals surface area contributed by atoms with Crippen LogP contribution in [0.15, 0.2) is 18.2 Å². The molecule has 0 radical (unpaired) electrons. The molecule has 1 fully saturated rings. The largest absolute Gasteiger partial charge is 0.497 e. The molecular formula is C17H27N3O3. The molecular weight excluding hydrogens is 294 g/mol. The molecule has 23 heavy (non-hydrogen) atoms. The van der Waals surface area contributed by atoms with E-state index in [1.807, 2.05) is 4.90 Å². The molecule has 2 rings (SSSR count). The first-order chi connectivity index (χ1) is 11.0. The van der Waals surface area contributed by atoms with Crippen LogP contribution in [0.2, 0.25) is 0 Å². The molecule has 2 amide bonds. The highest BCUT2D eigenvalue weighted by molar-refractivity contribution is 5.91. The Morgan fingerprint density at radius 2 is 1.87 bits per heavy atom. The van der Waals surface area contributed by atoms with E-state index in [-0.39, 0.29) is 6.03 Å². The number of rotatable bonds is 5. The van der Waals surface area contributed by atoms with E-state index >= 15 is 0 Å². The molecule has 6 heteroatoms. The van der Waals surface area contributed by atoms with Gasteiger partial charge in [0.25, 0.3) is 0 Å². The predicted molar refractivity (Wildman–Crippen MR) is 91.4 cm³/mol. The van der Waals surface area contributed by atoms with Crippen LogP contribution in [0.5, 0.6) is 11.5 Å². The van der Waals surface area contributed by atoms with Crippen molar-refractivity contribution in [3.8, 4) is 11.5 Å². The van der Waals surface area contributed by atoms with Crippen LogP contribution in [-0.2, 0) is 0 Å². The van der Waals surface area contributed by atoms with Gasteiger partial charge >= 0.3 is 6.03 Å². The van der Waals surface area contributed by atoms with Crippen molar-refractivity contribution >= 4 is 11.7 Å². The molecule has 0 spiro atoms. The van der Waals surface area contributed by atoms with Crippen molar-refractivity contribution in [1.29, 1.82) is 0 Å². The summed E-state index contributed by atoms with van der Waals surface area (Å²) in [5.74, 6) is 1.96. The highest BCUT2D eigenvalue weighted by Crippen LogP contribution is 2.29. The van der Waals surface area contributed by atoms with Gasteiger partial charge < -0.3 is 19.7 Å². The van der Waals surface area contributed by atoms with E-state index in [1.165, 1.54) is 0 Å². The lowest BCUT2D eigenvalue weighted by Gasteiger charge is -2.35. The van der Waals surface area contributed by atoms with Gasteiger partial charge in [-0.15, -0.1) is 0 Å². The zero-order chi connectivity index (χ0) is 16.8. The summed E-state index contributed by atoms with van der Waals surface area (Å²) in [6, 6.07) is 5.26. The van der Waals surface area contributed by atoms with Crippen molar-refractivity contribution < 1.29 is 14.3 Å². The van der Waals surface area contributed by atoms with Crippen LogP contribution in [-0.4, -0.2) is 62.8 Å². The van der Waals surface area contributed by atoms with Gasteiger partial charge in [0.2, 0.25) is 0 Å². The molecule has 0 atom stereocenters. The number of nitrogens with one attached hydrogen (secondary N) is 1. The summed E-state index contributed by atoms with van der Waals surface area (Å²) in [5, 5.41) is 2.92. The Morgan fingerprint density at radius 3 is 2.43 bits per heavy atom. The standard InChI is InChI=1S/C17H27N3O3/c1-13(2)12-19-7-9-20(10-8-19)17(21)18-15-11-14(22-3)5-6-16(15)23-4/h5-6,11,13H,7-10,12H2,1-4H3,(H,18,21). The van der Waals surface area contributed by atoms with Gasteiger partial charge in [0, 0.05) is 38.8 Å². The second kappa shape index (κ2) is 8.06. The summed E-state index contributed by atoms with van der Waals surface area (Å²) in [5.41, 5.74) is 0.626. The Labute approximate surface area is 138 Å². The second-order valence-electron chi connectivity index (χ2n) is 6.18. The minimum Gasteiger partial charge on any atom is -0.497 e. The van der Waals surface area contributed by atoms with Crippen LogP contribution < -0.4 is 14.8 Å². The molecule has 0 aromatic heterocycles. The van der Waals surface area contributed by atoms with Gasteiger partial charge in [-0.1, -0.05) is 13.8 Å². The molecule has 6 nitrogen and oxygen atoms in total. The number of ether oxygens (including phenoxy) is 2. The van der Waals surface area contributed by atoms with Crippen LogP contribution in [0.1, 0.15) is 13.8 Å². The van der Waals surface area contributed by atoms with E-state index in [9.17, 15) is 4.79 Å². The first-order valence-corrected chi connectivity index (χ1v) is 8.03. The number of hydrogen-bond donors (Lipinski definition) is 1. The van der Waals surface area contributed by atoms with Gasteiger partial charge in [0.1, 0.15) is 11.5 Å². The number of anilines is 1. The number of piperazine rings is 1. The monoisotopic (exact) mass is 321 g/mol. The van der Waals surface area contributed by atoms with Gasteiger partial charge in [-0.05, 0) is 18.1 Å². The normalized spacial score (nSPS) is 15.6. The molecule has 0 unspecified atom stereocenters. The fraction of sp³-hybridized carbons (Fsp3) is 0.588. The van der Waals surface area contributed by atoms with E-state index in [2.05, 4.69) is 24.1 Å². The summed E-state index contributed by atoms with van der Waals surface area (Å²) in [4.78, 5) is 16.7. The van der Waals surface area contributed by atoms with Crippen LogP contribution in [0.25, 0.3) is 0 Å². The van der Waals surface area contributed by atoms with Crippen LogP contribution in [0.3, 0.4) is 0 Å². The maximum absolute atomic E-state index is 12.5. The number of benzene rings is 1. The Bertz CT molecular complexity index is 526. The van der Waals surface area contributed by atoms with E-state index in [1.54, 1.807) is 32.4 Å². The zero-order valence-corrected chi connectivity index (χ0v) is 14.5. The molecule has 1 aliphatic rings. The Morgan fingerprint density at radius 1 is 1.17 bits per heavy atom. The van der Waals surface area contributed by atoms with Crippen molar-refractivity contribution in [3.63, 3.8) is 0 Å². The predicted octanol–water partition coefficient (Wildman–Crippen LogP) is 2.51. The molecule has 1 aromatic carbocycles. The summed E-state index contributed by atoms with van der Waals surface area (Å²) in [6.45, 7) is 8.83. The van der Waals surface area contributed by atoms with Gasteiger partial charge in [0.05, 0.1) is 19.9 Å². The molecule has 1 heterocycles. The highest BCUT2D eigenvalue weighted by Gasteiger charge is 2.22. The minimum absolute atomic E-state index is 0.0965. The molecule has 1 aliphatic heterocycles. The van der Waals surface area contributed by atoms with Crippen molar-refractivity contribution in [2.75, 3.05) is 52.3 Å². The third kappa shape index (κ3) is 4.76. The molecule has 1 saturated heterocycles.